The lowest BCUT2D eigenvalue weighted by Crippen LogP contribution is -2.60. The number of likely N-dealkylation sites (N-methyl/N-ethyl adjacent to an activating group) is 2. The molecular weight excluding hydrogens is 546 g/mol. The molecule has 9 heteroatoms. The van der Waals surface area contributed by atoms with Gasteiger partial charge in [-0.05, 0) is 64.6 Å². The van der Waals surface area contributed by atoms with Crippen LogP contribution in [0.1, 0.15) is 59.3 Å². The number of amides is 2. The zero-order chi connectivity index (χ0) is 32.0. The van der Waals surface area contributed by atoms with E-state index < -0.39 is 5.54 Å². The van der Waals surface area contributed by atoms with Crippen LogP contribution in [0, 0.1) is 0 Å². The molecule has 2 amide bonds. The molecule has 0 aliphatic heterocycles. The fraction of sp³-hybridized carbons (Fsp3) is 0.545. The van der Waals surface area contributed by atoms with Gasteiger partial charge in [-0.2, -0.15) is 0 Å². The first-order chi connectivity index (χ1) is 20.0. The van der Waals surface area contributed by atoms with E-state index in [1.807, 2.05) is 32.4 Å². The van der Waals surface area contributed by atoms with Crippen molar-refractivity contribution < 1.29 is 14.7 Å². The van der Waals surface area contributed by atoms with Gasteiger partial charge in [0.05, 0.1) is 12.3 Å². The van der Waals surface area contributed by atoms with Crippen molar-refractivity contribution in [2.75, 3.05) is 53.1 Å². The van der Waals surface area contributed by atoms with Crippen LogP contribution in [0.4, 0.5) is 0 Å². The first-order valence-corrected chi connectivity index (χ1v) is 16.0. The number of aliphatic imine (C=N–C) groups is 1. The van der Waals surface area contributed by atoms with Gasteiger partial charge in [0.15, 0.2) is 5.17 Å². The van der Waals surface area contributed by atoms with Gasteiger partial charge >= 0.3 is 0 Å². The van der Waals surface area contributed by atoms with Crippen LogP contribution in [-0.4, -0.2) is 90.6 Å². The van der Waals surface area contributed by atoms with Gasteiger partial charge in [-0.25, -0.2) is 4.99 Å². The second-order valence-corrected chi connectivity index (χ2v) is 10.9. The average Bonchev–Trinajstić information content (AvgIpc) is 3.00. The predicted molar refractivity (Wildman–Crippen MR) is 182 cm³/mol. The summed E-state index contributed by atoms with van der Waals surface area (Å²) < 4.78 is 0. The van der Waals surface area contributed by atoms with Crippen LogP contribution in [0.3, 0.4) is 0 Å². The molecule has 1 rings (SSSR count). The Kier molecular flexibility index (Phi) is 21.1. The Balaban J connectivity index is 0.00000252. The van der Waals surface area contributed by atoms with Crippen LogP contribution in [-0.2, 0) is 9.59 Å². The van der Waals surface area contributed by atoms with Crippen molar-refractivity contribution in [3.05, 3.63) is 73.0 Å². The zero-order valence-corrected chi connectivity index (χ0v) is 27.7. The topological polar surface area (TPSA) is 97.3 Å². The van der Waals surface area contributed by atoms with E-state index in [1.165, 1.54) is 0 Å². The molecule has 0 spiro atoms. The molecule has 8 nitrogen and oxygen atoms in total. The summed E-state index contributed by atoms with van der Waals surface area (Å²) in [6.45, 7) is 20.4. The number of aliphatic hydroxyl groups is 1. The number of hydrogen-bond donors (Lipinski definition) is 3. The summed E-state index contributed by atoms with van der Waals surface area (Å²) in [5.74, 6) is -0.559. The standard InChI is InChI=1S/C27H45N5O3S.C6H10/c1-8-23(24(34)30-27(15-11-10-12-16-27)25(35)28-17-20-33)14-13-21(3)22(4)29-26(36-7)32(6)19-18-31(5)9-2;1-3-5-6-4-2/h8,13-14,33H,3-4,9-12,15-20H2,1-2,5-7H3,(H,28,35)(H,30,34);3-4,6H,1,5H2,2H3/b14-13-,23-8+,29-26?;6-4-. The second-order valence-electron chi connectivity index (χ2n) is 10.1. The first-order valence-electron chi connectivity index (χ1n) is 14.7. The van der Waals surface area contributed by atoms with E-state index in [-0.39, 0.29) is 25.0 Å². The highest BCUT2D eigenvalue weighted by Gasteiger charge is 2.40. The normalized spacial score (nSPS) is 15.2. The lowest BCUT2D eigenvalue weighted by Gasteiger charge is -2.36. The van der Waals surface area contributed by atoms with E-state index in [1.54, 1.807) is 36.9 Å². The van der Waals surface area contributed by atoms with E-state index in [0.29, 0.717) is 29.7 Å². The highest BCUT2D eigenvalue weighted by Crippen LogP contribution is 2.29. The van der Waals surface area contributed by atoms with Crippen molar-refractivity contribution in [3.63, 3.8) is 0 Å². The van der Waals surface area contributed by atoms with Crippen LogP contribution < -0.4 is 10.6 Å². The number of rotatable bonds is 15. The van der Waals surface area contributed by atoms with E-state index in [4.69, 9.17) is 5.11 Å². The van der Waals surface area contributed by atoms with E-state index >= 15 is 0 Å². The maximum absolute atomic E-state index is 13.1. The smallest absolute Gasteiger partial charge is 0.251 e. The molecule has 1 saturated carbocycles. The fourth-order valence-electron chi connectivity index (χ4n) is 4.06. The Morgan fingerprint density at radius 3 is 2.26 bits per heavy atom. The summed E-state index contributed by atoms with van der Waals surface area (Å²) in [4.78, 5) is 34.9. The second kappa shape index (κ2) is 22.7. The average molecular weight is 602 g/mol. The largest absolute Gasteiger partial charge is 0.395 e. The number of thioether (sulfide) groups is 1. The van der Waals surface area contributed by atoms with Gasteiger partial charge in [-0.1, -0.05) is 81.5 Å². The monoisotopic (exact) mass is 601 g/mol. The number of allylic oxidation sites excluding steroid dienone is 5. The lowest BCUT2D eigenvalue weighted by molar-refractivity contribution is -0.133. The van der Waals surface area contributed by atoms with Crippen LogP contribution in [0.15, 0.2) is 78.0 Å². The summed E-state index contributed by atoms with van der Waals surface area (Å²) in [5.41, 5.74) is 0.592. The maximum Gasteiger partial charge on any atom is 0.251 e. The van der Waals surface area contributed by atoms with E-state index in [2.05, 4.69) is 65.2 Å². The number of aliphatic hydroxyl groups excluding tert-OH is 1. The molecule has 1 fully saturated rings. The predicted octanol–water partition coefficient (Wildman–Crippen LogP) is 5.23. The molecule has 0 aromatic carbocycles. The Labute approximate surface area is 259 Å². The number of carbonyl (C=O) groups is 2. The summed E-state index contributed by atoms with van der Waals surface area (Å²) in [5, 5.41) is 15.6. The Bertz CT molecular complexity index is 994. The van der Waals surface area contributed by atoms with Crippen molar-refractivity contribution in [1.82, 2.24) is 20.4 Å². The van der Waals surface area contributed by atoms with Crippen LogP contribution in [0.5, 0.6) is 0 Å². The highest BCUT2D eigenvalue weighted by atomic mass is 32.2. The summed E-state index contributed by atoms with van der Waals surface area (Å²) in [6, 6.07) is 0. The van der Waals surface area contributed by atoms with Crippen molar-refractivity contribution in [2.24, 2.45) is 4.99 Å². The van der Waals surface area contributed by atoms with Gasteiger partial charge in [-0.3, -0.25) is 9.59 Å². The molecule has 1 aliphatic carbocycles. The molecule has 236 valence electrons. The van der Waals surface area contributed by atoms with Gasteiger partial charge in [0.2, 0.25) is 5.91 Å². The van der Waals surface area contributed by atoms with Crippen LogP contribution in [0.25, 0.3) is 0 Å². The van der Waals surface area contributed by atoms with E-state index in [9.17, 15) is 9.59 Å². The number of carbonyl (C=O) groups excluding carboxylic acids is 2. The highest BCUT2D eigenvalue weighted by molar-refractivity contribution is 8.13. The van der Waals surface area contributed by atoms with Gasteiger partial charge in [0.1, 0.15) is 5.54 Å². The van der Waals surface area contributed by atoms with Gasteiger partial charge in [-0.15, -0.1) is 6.58 Å². The molecule has 0 heterocycles. The number of hydrogen-bond acceptors (Lipinski definition) is 6. The third kappa shape index (κ3) is 14.8. The SMILES string of the molecule is C=C(/C=C\C(=C/C)C(=O)NC1(C(=O)NCCO)CCCCC1)C(=C)N=C(SC)N(C)CCN(C)CC.C=CC/C=C\C. The quantitative estimate of drug-likeness (QED) is 0.0782. The molecule has 0 aromatic heterocycles. The molecule has 0 bridgehead atoms. The third-order valence-electron chi connectivity index (χ3n) is 6.93. The molecular formula is C33H55N5O3S. The minimum Gasteiger partial charge on any atom is -0.395 e. The fourth-order valence-corrected chi connectivity index (χ4v) is 4.67. The molecule has 1 aliphatic rings. The number of nitrogens with zero attached hydrogens (tertiary/aromatic N) is 3. The Hall–Kier alpha value is -2.88. The van der Waals surface area contributed by atoms with Crippen LogP contribution >= 0.6 is 11.8 Å². The van der Waals surface area contributed by atoms with Crippen LogP contribution in [0.2, 0.25) is 0 Å². The van der Waals surface area contributed by atoms with Crippen molar-refractivity contribution >= 4 is 28.7 Å². The maximum atomic E-state index is 13.1. The molecule has 0 unspecified atom stereocenters. The van der Waals surface area contributed by atoms with Crippen molar-refractivity contribution in [2.45, 2.75) is 64.8 Å². The molecule has 0 atom stereocenters. The van der Waals surface area contributed by atoms with Crippen molar-refractivity contribution in [1.29, 1.82) is 0 Å². The van der Waals surface area contributed by atoms with Crippen molar-refractivity contribution in [3.8, 4) is 0 Å². The zero-order valence-electron chi connectivity index (χ0n) is 26.9. The summed E-state index contributed by atoms with van der Waals surface area (Å²) in [6.07, 6.45) is 18.0. The molecule has 0 aromatic rings. The molecule has 3 N–H and O–H groups in total. The Morgan fingerprint density at radius 1 is 1.10 bits per heavy atom. The van der Waals surface area contributed by atoms with Gasteiger partial charge < -0.3 is 25.5 Å². The minimum absolute atomic E-state index is 0.142. The first kappa shape index (κ1) is 39.1. The molecule has 0 radical (unpaired) electrons. The Morgan fingerprint density at radius 2 is 1.76 bits per heavy atom. The number of amidine groups is 1. The van der Waals surface area contributed by atoms with Gasteiger partial charge in [0, 0.05) is 32.3 Å². The molecule has 42 heavy (non-hydrogen) atoms. The van der Waals surface area contributed by atoms with E-state index in [0.717, 1.165) is 50.5 Å². The third-order valence-corrected chi connectivity index (χ3v) is 7.70. The van der Waals surface area contributed by atoms with Gasteiger partial charge in [0.25, 0.3) is 5.91 Å². The number of nitrogens with one attached hydrogen (secondary N) is 2. The minimum atomic E-state index is -0.957. The lowest BCUT2D eigenvalue weighted by atomic mass is 9.80. The summed E-state index contributed by atoms with van der Waals surface area (Å²) in [7, 11) is 4.09. The molecule has 0 saturated heterocycles. The summed E-state index contributed by atoms with van der Waals surface area (Å²) >= 11 is 1.55.